The maximum atomic E-state index is 9.45. The number of halogens is 1. The molecule has 6 heteroatoms. The Hall–Kier alpha value is -1.84. The van der Waals surface area contributed by atoms with E-state index in [4.69, 9.17) is 10.5 Å². The maximum absolute atomic E-state index is 9.45. The molecule has 0 radical (unpaired) electrons. The summed E-state index contributed by atoms with van der Waals surface area (Å²) in [5.41, 5.74) is 7.90. The Morgan fingerprint density at radius 2 is 2.09 bits per heavy atom. The van der Waals surface area contributed by atoms with E-state index in [-0.39, 0.29) is 11.6 Å². The second kappa shape index (κ2) is 5.41. The number of aromatic nitrogens is 2. The third-order valence-corrected chi connectivity index (χ3v) is 4.45. The summed E-state index contributed by atoms with van der Waals surface area (Å²) < 4.78 is 8.48. The number of hydrogen-bond donors (Lipinski definition) is 1. The predicted octanol–water partition coefficient (Wildman–Crippen LogP) is 3.51. The van der Waals surface area contributed by atoms with Crippen molar-refractivity contribution >= 4 is 21.7 Å². The molecule has 0 amide bonds. The van der Waals surface area contributed by atoms with Crippen LogP contribution >= 0.6 is 15.9 Å². The average molecular weight is 361 g/mol. The molecular weight excluding hydrogens is 344 g/mol. The molecule has 2 aromatic rings. The van der Waals surface area contributed by atoms with Crippen LogP contribution in [-0.2, 0) is 4.74 Å². The SMILES string of the molecule is CC1(C)CC(n2nc(-c3ccc(Br)cc3)c(C#N)c2N)CO1. The van der Waals surface area contributed by atoms with Gasteiger partial charge in [-0.05, 0) is 26.0 Å². The fourth-order valence-corrected chi connectivity index (χ4v) is 3.07. The Labute approximate surface area is 137 Å². The van der Waals surface area contributed by atoms with Gasteiger partial charge in [-0.2, -0.15) is 10.4 Å². The Kier molecular flexibility index (Phi) is 3.71. The van der Waals surface area contributed by atoms with Gasteiger partial charge in [-0.3, -0.25) is 0 Å². The highest BCUT2D eigenvalue weighted by molar-refractivity contribution is 9.10. The number of nitrogen functional groups attached to an aromatic ring is 1. The molecule has 1 aromatic carbocycles. The van der Waals surface area contributed by atoms with Gasteiger partial charge in [0.15, 0.2) is 0 Å². The smallest absolute Gasteiger partial charge is 0.140 e. The highest BCUT2D eigenvalue weighted by Crippen LogP contribution is 2.36. The van der Waals surface area contributed by atoms with E-state index in [1.165, 1.54) is 0 Å². The van der Waals surface area contributed by atoms with Gasteiger partial charge < -0.3 is 10.5 Å². The first kappa shape index (κ1) is 15.1. The number of rotatable bonds is 2. The van der Waals surface area contributed by atoms with Crippen LogP contribution in [0.1, 0.15) is 31.9 Å². The number of anilines is 1. The molecular formula is C16H17BrN4O. The van der Waals surface area contributed by atoms with Crippen molar-refractivity contribution in [3.63, 3.8) is 0 Å². The van der Waals surface area contributed by atoms with E-state index < -0.39 is 0 Å². The van der Waals surface area contributed by atoms with E-state index in [0.29, 0.717) is 23.7 Å². The lowest BCUT2D eigenvalue weighted by Gasteiger charge is -2.16. The number of benzene rings is 1. The van der Waals surface area contributed by atoms with Crippen LogP contribution in [0.5, 0.6) is 0 Å². The minimum atomic E-state index is -0.187. The molecule has 1 atom stereocenters. The molecule has 22 heavy (non-hydrogen) atoms. The third-order valence-electron chi connectivity index (χ3n) is 3.92. The van der Waals surface area contributed by atoms with Crippen LogP contribution in [0.3, 0.4) is 0 Å². The van der Waals surface area contributed by atoms with Gasteiger partial charge in [0.2, 0.25) is 0 Å². The summed E-state index contributed by atoms with van der Waals surface area (Å²) in [6, 6.07) is 9.94. The molecule has 1 unspecified atom stereocenters. The van der Waals surface area contributed by atoms with Crippen molar-refractivity contribution in [2.24, 2.45) is 0 Å². The number of nitriles is 1. The molecule has 0 spiro atoms. The minimum Gasteiger partial charge on any atom is -0.383 e. The summed E-state index contributed by atoms with van der Waals surface area (Å²) in [6.45, 7) is 4.66. The van der Waals surface area contributed by atoms with Crippen molar-refractivity contribution in [1.29, 1.82) is 5.26 Å². The zero-order chi connectivity index (χ0) is 15.9. The van der Waals surface area contributed by atoms with Crippen molar-refractivity contribution < 1.29 is 4.74 Å². The van der Waals surface area contributed by atoms with E-state index in [1.807, 2.05) is 38.1 Å². The van der Waals surface area contributed by atoms with Gasteiger partial charge in [0.05, 0.1) is 18.2 Å². The standard InChI is InChI=1S/C16H17BrN4O/c1-16(2)7-12(9-22-16)21-15(19)13(8-18)14(20-21)10-3-5-11(17)6-4-10/h3-6,12H,7,9,19H2,1-2H3. The van der Waals surface area contributed by atoms with E-state index in [1.54, 1.807) is 4.68 Å². The first-order valence-electron chi connectivity index (χ1n) is 7.09. The summed E-state index contributed by atoms with van der Waals surface area (Å²) in [5.74, 6) is 0.409. The lowest BCUT2D eigenvalue weighted by Crippen LogP contribution is -2.18. The molecule has 2 heterocycles. The second-order valence-corrected chi connectivity index (χ2v) is 7.02. The average Bonchev–Trinajstić information content (AvgIpc) is 2.99. The molecule has 114 valence electrons. The van der Waals surface area contributed by atoms with E-state index in [9.17, 15) is 5.26 Å². The van der Waals surface area contributed by atoms with E-state index in [2.05, 4.69) is 27.1 Å². The Morgan fingerprint density at radius 3 is 2.64 bits per heavy atom. The lowest BCUT2D eigenvalue weighted by molar-refractivity contribution is 0.0351. The van der Waals surface area contributed by atoms with E-state index in [0.717, 1.165) is 16.5 Å². The largest absolute Gasteiger partial charge is 0.383 e. The van der Waals surface area contributed by atoms with Crippen LogP contribution < -0.4 is 5.73 Å². The maximum Gasteiger partial charge on any atom is 0.140 e. The summed E-state index contributed by atoms with van der Waals surface area (Å²) in [5, 5.41) is 14.1. The van der Waals surface area contributed by atoms with Gasteiger partial charge in [0, 0.05) is 16.5 Å². The Balaban J connectivity index is 2.04. The van der Waals surface area contributed by atoms with Crippen molar-refractivity contribution in [2.75, 3.05) is 12.3 Å². The Bertz CT molecular complexity index is 743. The summed E-state index contributed by atoms with van der Waals surface area (Å²) in [6.07, 6.45) is 0.823. The van der Waals surface area contributed by atoms with Crippen molar-refractivity contribution in [3.05, 3.63) is 34.3 Å². The van der Waals surface area contributed by atoms with Crippen molar-refractivity contribution in [1.82, 2.24) is 9.78 Å². The summed E-state index contributed by atoms with van der Waals surface area (Å²) in [7, 11) is 0. The fraction of sp³-hybridized carbons (Fsp3) is 0.375. The quantitative estimate of drug-likeness (QED) is 0.888. The van der Waals surface area contributed by atoms with Crippen LogP contribution in [-0.4, -0.2) is 22.0 Å². The molecule has 1 saturated heterocycles. The zero-order valence-corrected chi connectivity index (χ0v) is 14.1. The molecule has 1 aromatic heterocycles. The van der Waals surface area contributed by atoms with Crippen molar-refractivity contribution in [3.8, 4) is 17.3 Å². The van der Waals surface area contributed by atoms with Gasteiger partial charge in [0.1, 0.15) is 23.1 Å². The molecule has 2 N–H and O–H groups in total. The van der Waals surface area contributed by atoms with Crippen molar-refractivity contribution in [2.45, 2.75) is 31.9 Å². The highest BCUT2D eigenvalue weighted by Gasteiger charge is 2.35. The van der Waals surface area contributed by atoms with Gasteiger partial charge in [0.25, 0.3) is 0 Å². The van der Waals surface area contributed by atoms with Gasteiger partial charge in [-0.25, -0.2) is 4.68 Å². The van der Waals surface area contributed by atoms with Crippen LogP contribution in [0.15, 0.2) is 28.7 Å². The molecule has 0 bridgehead atoms. The van der Waals surface area contributed by atoms with Gasteiger partial charge in [-0.15, -0.1) is 0 Å². The first-order valence-corrected chi connectivity index (χ1v) is 7.88. The van der Waals surface area contributed by atoms with Gasteiger partial charge >= 0.3 is 0 Å². The molecule has 5 nitrogen and oxygen atoms in total. The number of nitrogens with zero attached hydrogens (tertiary/aromatic N) is 3. The van der Waals surface area contributed by atoms with Gasteiger partial charge in [-0.1, -0.05) is 28.1 Å². The topological polar surface area (TPSA) is 76.9 Å². The predicted molar refractivity (Wildman–Crippen MR) is 88.2 cm³/mol. The minimum absolute atomic E-state index is 0.0614. The number of ether oxygens (including phenoxy) is 1. The highest BCUT2D eigenvalue weighted by atomic mass is 79.9. The Morgan fingerprint density at radius 1 is 1.41 bits per heavy atom. The fourth-order valence-electron chi connectivity index (χ4n) is 2.81. The summed E-state index contributed by atoms with van der Waals surface area (Å²) in [4.78, 5) is 0. The molecule has 0 saturated carbocycles. The lowest BCUT2D eigenvalue weighted by atomic mass is 10.0. The molecule has 1 aliphatic heterocycles. The second-order valence-electron chi connectivity index (χ2n) is 6.10. The molecule has 3 rings (SSSR count). The molecule has 1 aliphatic rings. The van der Waals surface area contributed by atoms with E-state index >= 15 is 0 Å². The number of hydrogen-bond acceptors (Lipinski definition) is 4. The first-order chi connectivity index (χ1) is 10.4. The van der Waals surface area contributed by atoms with Crippen LogP contribution in [0, 0.1) is 11.3 Å². The normalized spacial score (nSPS) is 20.0. The summed E-state index contributed by atoms with van der Waals surface area (Å²) >= 11 is 3.41. The van der Waals surface area contributed by atoms with Crippen LogP contribution in [0.4, 0.5) is 5.82 Å². The molecule has 1 fully saturated rings. The number of nitrogens with two attached hydrogens (primary N) is 1. The molecule has 0 aliphatic carbocycles. The monoisotopic (exact) mass is 360 g/mol. The van der Waals surface area contributed by atoms with Crippen LogP contribution in [0.2, 0.25) is 0 Å². The zero-order valence-electron chi connectivity index (χ0n) is 12.5. The third kappa shape index (κ3) is 2.62. The van der Waals surface area contributed by atoms with Crippen LogP contribution in [0.25, 0.3) is 11.3 Å².